The fraction of sp³-hybridized carbons (Fsp3) is 0.238. The molecule has 1 heterocycles. The molecule has 2 aromatic carbocycles. The van der Waals surface area contributed by atoms with Crippen LogP contribution in [0.5, 0.6) is 5.75 Å². The molecule has 0 unspecified atom stereocenters. The highest BCUT2D eigenvalue weighted by Gasteiger charge is 2.17. The molecule has 0 radical (unpaired) electrons. The van der Waals surface area contributed by atoms with Gasteiger partial charge in [0.25, 0.3) is 5.91 Å². The first-order chi connectivity index (χ1) is 12.7. The quantitative estimate of drug-likeness (QED) is 0.681. The summed E-state index contributed by atoms with van der Waals surface area (Å²) in [6, 6.07) is 17.9. The second kappa shape index (κ2) is 8.34. The second-order valence-corrected chi connectivity index (χ2v) is 6.29. The maximum atomic E-state index is 12.6. The van der Waals surface area contributed by atoms with E-state index in [0.717, 1.165) is 24.2 Å². The highest BCUT2D eigenvalue weighted by atomic mass is 16.5. The first kappa shape index (κ1) is 17.7. The predicted octanol–water partition coefficient (Wildman–Crippen LogP) is 3.84. The molecule has 0 fully saturated rings. The fourth-order valence-corrected chi connectivity index (χ4v) is 2.84. The number of ether oxygens (including phenoxy) is 1. The lowest BCUT2D eigenvalue weighted by Crippen LogP contribution is -2.33. The number of H-pyrrole nitrogens is 1. The van der Waals surface area contributed by atoms with E-state index in [1.165, 1.54) is 5.56 Å². The Labute approximate surface area is 153 Å². The average Bonchev–Trinajstić information content (AvgIpc) is 3.17. The number of aromatic nitrogens is 2. The lowest BCUT2D eigenvalue weighted by molar-refractivity contribution is 0.0939. The normalized spacial score (nSPS) is 11.8. The van der Waals surface area contributed by atoms with E-state index in [1.807, 2.05) is 49.4 Å². The zero-order valence-electron chi connectivity index (χ0n) is 15.0. The second-order valence-electron chi connectivity index (χ2n) is 6.29. The van der Waals surface area contributed by atoms with Gasteiger partial charge in [0.15, 0.2) is 0 Å². The van der Waals surface area contributed by atoms with Gasteiger partial charge in [-0.15, -0.1) is 0 Å². The molecule has 26 heavy (non-hydrogen) atoms. The number of hydrogen-bond acceptors (Lipinski definition) is 3. The van der Waals surface area contributed by atoms with Crippen molar-refractivity contribution >= 4 is 5.91 Å². The fourth-order valence-electron chi connectivity index (χ4n) is 2.84. The molecule has 5 heteroatoms. The van der Waals surface area contributed by atoms with Gasteiger partial charge < -0.3 is 10.1 Å². The Bertz CT molecular complexity index is 841. The maximum absolute atomic E-state index is 12.6. The number of aromatic amines is 1. The molecule has 3 aromatic rings. The number of aryl methyl sites for hydroxylation is 1. The van der Waals surface area contributed by atoms with Gasteiger partial charge >= 0.3 is 0 Å². The van der Waals surface area contributed by atoms with Crippen molar-refractivity contribution in [1.29, 1.82) is 0 Å². The third-order valence-electron chi connectivity index (χ3n) is 4.35. The van der Waals surface area contributed by atoms with Crippen molar-refractivity contribution in [3.63, 3.8) is 0 Å². The summed E-state index contributed by atoms with van der Waals surface area (Å²) in [7, 11) is 1.63. The lowest BCUT2D eigenvalue weighted by atomic mass is 10.0. The summed E-state index contributed by atoms with van der Waals surface area (Å²) >= 11 is 0. The Morgan fingerprint density at radius 3 is 2.58 bits per heavy atom. The van der Waals surface area contributed by atoms with Crippen LogP contribution in [-0.4, -0.2) is 29.3 Å². The number of carbonyl (C=O) groups excluding carboxylic acids is 1. The summed E-state index contributed by atoms with van der Waals surface area (Å²) in [6.07, 6.45) is 3.38. The Balaban J connectivity index is 1.64. The molecular weight excluding hydrogens is 326 g/mol. The minimum Gasteiger partial charge on any atom is -0.497 e. The van der Waals surface area contributed by atoms with Gasteiger partial charge in [0.05, 0.1) is 24.6 Å². The van der Waals surface area contributed by atoms with E-state index in [2.05, 4.69) is 27.6 Å². The number of amides is 1. The SMILES string of the molecule is COc1ccc(-c2[nH]ncc2C(=O)N[C@@H](C)CCc2ccccc2)cc1. The van der Waals surface area contributed by atoms with Crippen LogP contribution in [0, 0.1) is 0 Å². The molecule has 0 bridgehead atoms. The Hall–Kier alpha value is -3.08. The lowest BCUT2D eigenvalue weighted by Gasteiger charge is -2.14. The van der Waals surface area contributed by atoms with Crippen LogP contribution in [-0.2, 0) is 6.42 Å². The molecule has 5 nitrogen and oxygen atoms in total. The van der Waals surface area contributed by atoms with E-state index in [9.17, 15) is 4.79 Å². The highest BCUT2D eigenvalue weighted by Crippen LogP contribution is 2.23. The number of nitrogens with zero attached hydrogens (tertiary/aromatic N) is 1. The molecule has 0 aliphatic heterocycles. The van der Waals surface area contributed by atoms with Crippen LogP contribution in [0.15, 0.2) is 60.8 Å². The molecule has 2 N–H and O–H groups in total. The van der Waals surface area contributed by atoms with Crippen molar-refractivity contribution in [3.05, 3.63) is 71.9 Å². The topological polar surface area (TPSA) is 67.0 Å². The molecule has 0 aliphatic carbocycles. The number of hydrogen-bond donors (Lipinski definition) is 2. The van der Waals surface area contributed by atoms with Gasteiger partial charge in [-0.1, -0.05) is 30.3 Å². The number of benzene rings is 2. The molecule has 0 saturated carbocycles. The van der Waals surface area contributed by atoms with Crippen molar-refractivity contribution in [1.82, 2.24) is 15.5 Å². The summed E-state index contributed by atoms with van der Waals surface area (Å²) < 4.78 is 5.18. The van der Waals surface area contributed by atoms with Crippen LogP contribution >= 0.6 is 0 Å². The summed E-state index contributed by atoms with van der Waals surface area (Å²) in [6.45, 7) is 2.02. The Morgan fingerprint density at radius 1 is 1.15 bits per heavy atom. The maximum Gasteiger partial charge on any atom is 0.255 e. The smallest absolute Gasteiger partial charge is 0.255 e. The highest BCUT2D eigenvalue weighted by molar-refractivity contribution is 5.99. The van der Waals surface area contributed by atoms with Crippen LogP contribution in [0.25, 0.3) is 11.3 Å². The van der Waals surface area contributed by atoms with Gasteiger partial charge in [-0.05, 0) is 49.6 Å². The molecular formula is C21H23N3O2. The average molecular weight is 349 g/mol. The van der Waals surface area contributed by atoms with Crippen molar-refractivity contribution in [2.45, 2.75) is 25.8 Å². The zero-order chi connectivity index (χ0) is 18.4. The van der Waals surface area contributed by atoms with Crippen LogP contribution < -0.4 is 10.1 Å². The number of methoxy groups -OCH3 is 1. The molecule has 1 atom stereocenters. The molecule has 134 valence electrons. The minimum absolute atomic E-state index is 0.0707. The third kappa shape index (κ3) is 4.30. The van der Waals surface area contributed by atoms with Gasteiger partial charge in [0.1, 0.15) is 5.75 Å². The molecule has 1 amide bonds. The van der Waals surface area contributed by atoms with E-state index in [4.69, 9.17) is 4.74 Å². The van der Waals surface area contributed by atoms with Crippen molar-refractivity contribution < 1.29 is 9.53 Å². The monoisotopic (exact) mass is 349 g/mol. The van der Waals surface area contributed by atoms with E-state index in [-0.39, 0.29) is 11.9 Å². The Kier molecular flexibility index (Phi) is 5.69. The van der Waals surface area contributed by atoms with Gasteiger partial charge in [0.2, 0.25) is 0 Å². The first-order valence-electron chi connectivity index (χ1n) is 8.70. The summed E-state index contributed by atoms with van der Waals surface area (Å²) in [5, 5.41) is 10.0. The summed E-state index contributed by atoms with van der Waals surface area (Å²) in [5.41, 5.74) is 3.42. The van der Waals surface area contributed by atoms with Crippen LogP contribution in [0.1, 0.15) is 29.3 Å². The van der Waals surface area contributed by atoms with Crippen LogP contribution in [0.3, 0.4) is 0 Å². The van der Waals surface area contributed by atoms with Gasteiger partial charge in [0, 0.05) is 11.6 Å². The molecule has 1 aromatic heterocycles. The van der Waals surface area contributed by atoms with Crippen molar-refractivity contribution in [2.24, 2.45) is 0 Å². The number of rotatable bonds is 7. The van der Waals surface area contributed by atoms with E-state index >= 15 is 0 Å². The molecule has 0 spiro atoms. The van der Waals surface area contributed by atoms with Gasteiger partial charge in [-0.3, -0.25) is 9.89 Å². The number of nitrogens with one attached hydrogen (secondary N) is 2. The summed E-state index contributed by atoms with van der Waals surface area (Å²) in [5.74, 6) is 0.652. The molecule has 3 rings (SSSR count). The van der Waals surface area contributed by atoms with Gasteiger partial charge in [-0.2, -0.15) is 5.10 Å². The molecule has 0 saturated heterocycles. The van der Waals surface area contributed by atoms with E-state index in [0.29, 0.717) is 11.3 Å². The van der Waals surface area contributed by atoms with Crippen LogP contribution in [0.2, 0.25) is 0 Å². The van der Waals surface area contributed by atoms with Gasteiger partial charge in [-0.25, -0.2) is 0 Å². The van der Waals surface area contributed by atoms with Crippen molar-refractivity contribution in [2.75, 3.05) is 7.11 Å². The summed E-state index contributed by atoms with van der Waals surface area (Å²) in [4.78, 5) is 12.6. The predicted molar refractivity (Wildman–Crippen MR) is 102 cm³/mol. The third-order valence-corrected chi connectivity index (χ3v) is 4.35. The first-order valence-corrected chi connectivity index (χ1v) is 8.70. The molecule has 0 aliphatic rings. The minimum atomic E-state index is -0.120. The number of carbonyl (C=O) groups is 1. The standard InChI is InChI=1S/C21H23N3O2/c1-15(8-9-16-6-4-3-5-7-16)23-21(25)19-14-22-24-20(19)17-10-12-18(26-2)13-11-17/h3-7,10-15H,8-9H2,1-2H3,(H,22,24)(H,23,25)/t15-/m0/s1. The van der Waals surface area contributed by atoms with E-state index < -0.39 is 0 Å². The van der Waals surface area contributed by atoms with E-state index in [1.54, 1.807) is 13.3 Å². The van der Waals surface area contributed by atoms with Crippen LogP contribution in [0.4, 0.5) is 0 Å². The zero-order valence-corrected chi connectivity index (χ0v) is 15.0. The van der Waals surface area contributed by atoms with Crippen molar-refractivity contribution in [3.8, 4) is 17.0 Å². The Morgan fingerprint density at radius 2 is 1.88 bits per heavy atom. The largest absolute Gasteiger partial charge is 0.497 e.